The molecule has 0 unspecified atom stereocenters. The topological polar surface area (TPSA) is 35.5 Å². The van der Waals surface area contributed by atoms with Gasteiger partial charge in [-0.1, -0.05) is 54.6 Å². The van der Waals surface area contributed by atoms with Gasteiger partial charge in [0, 0.05) is 6.61 Å². The second kappa shape index (κ2) is 7.23. The Bertz CT molecular complexity index is 604. The molecule has 2 aromatic carbocycles. The van der Waals surface area contributed by atoms with Crippen LogP contribution in [0.25, 0.3) is 11.1 Å². The minimum atomic E-state index is -1.07. The van der Waals surface area contributed by atoms with Crippen LogP contribution in [0.15, 0.2) is 54.6 Å². The fourth-order valence-electron chi connectivity index (χ4n) is 2.43. The zero-order chi connectivity index (χ0) is 16.0. The summed E-state index contributed by atoms with van der Waals surface area (Å²) in [7, 11) is 0. The molecule has 0 aliphatic carbocycles. The second-order valence-electron chi connectivity index (χ2n) is 5.13. The van der Waals surface area contributed by atoms with Crippen molar-refractivity contribution >= 4 is 5.97 Å². The first-order valence-electron chi connectivity index (χ1n) is 7.59. The molecule has 0 heterocycles. The number of carbonyl (C=O) groups excluding carboxylic acids is 1. The van der Waals surface area contributed by atoms with Crippen LogP contribution in [-0.4, -0.2) is 19.2 Å². The first-order valence-corrected chi connectivity index (χ1v) is 7.59. The molecule has 0 N–H and O–H groups in total. The highest BCUT2D eigenvalue weighted by Crippen LogP contribution is 2.29. The summed E-state index contributed by atoms with van der Waals surface area (Å²) >= 11 is 0. The molecule has 3 nitrogen and oxygen atoms in total. The summed E-state index contributed by atoms with van der Waals surface area (Å²) in [5.74, 6) is -0.357. The van der Waals surface area contributed by atoms with Gasteiger partial charge < -0.3 is 9.47 Å². The van der Waals surface area contributed by atoms with Gasteiger partial charge in [-0.15, -0.1) is 0 Å². The van der Waals surface area contributed by atoms with Crippen LogP contribution in [-0.2, 0) is 19.9 Å². The van der Waals surface area contributed by atoms with E-state index in [1.807, 2.05) is 49.4 Å². The van der Waals surface area contributed by atoms with E-state index in [4.69, 9.17) is 9.47 Å². The summed E-state index contributed by atoms with van der Waals surface area (Å²) in [4.78, 5) is 12.3. The van der Waals surface area contributed by atoms with Gasteiger partial charge in [-0.3, -0.25) is 0 Å². The number of ether oxygens (including phenoxy) is 2. The molecule has 0 radical (unpaired) electrons. The summed E-state index contributed by atoms with van der Waals surface area (Å²) < 4.78 is 10.9. The van der Waals surface area contributed by atoms with Gasteiger partial charge in [-0.25, -0.2) is 4.79 Å². The quantitative estimate of drug-likeness (QED) is 0.751. The number of carbonyl (C=O) groups is 1. The van der Waals surface area contributed by atoms with Gasteiger partial charge in [-0.2, -0.15) is 0 Å². The van der Waals surface area contributed by atoms with Gasteiger partial charge in [0.25, 0.3) is 0 Å². The van der Waals surface area contributed by atoms with Crippen LogP contribution in [0.1, 0.15) is 26.3 Å². The molecular formula is C19H22O3. The van der Waals surface area contributed by atoms with E-state index < -0.39 is 5.60 Å². The molecule has 0 bridgehead atoms. The summed E-state index contributed by atoms with van der Waals surface area (Å²) in [6.45, 7) is 6.20. The molecule has 0 fully saturated rings. The first-order chi connectivity index (χ1) is 10.6. The van der Waals surface area contributed by atoms with Crippen molar-refractivity contribution in [2.24, 2.45) is 0 Å². The van der Waals surface area contributed by atoms with E-state index in [1.54, 1.807) is 13.8 Å². The Kier molecular flexibility index (Phi) is 5.34. The summed E-state index contributed by atoms with van der Waals surface area (Å²) in [6.07, 6.45) is 0. The van der Waals surface area contributed by atoms with E-state index >= 15 is 0 Å². The fourth-order valence-corrected chi connectivity index (χ4v) is 2.43. The molecule has 22 heavy (non-hydrogen) atoms. The van der Waals surface area contributed by atoms with Crippen molar-refractivity contribution in [3.05, 3.63) is 60.2 Å². The van der Waals surface area contributed by atoms with E-state index in [2.05, 4.69) is 12.1 Å². The lowest BCUT2D eigenvalue weighted by Crippen LogP contribution is -2.37. The molecule has 0 amide bonds. The molecule has 0 saturated heterocycles. The van der Waals surface area contributed by atoms with E-state index in [0.717, 1.165) is 16.7 Å². The highest BCUT2D eigenvalue weighted by Gasteiger charge is 2.37. The van der Waals surface area contributed by atoms with Crippen LogP contribution in [0.4, 0.5) is 0 Å². The maximum absolute atomic E-state index is 12.3. The second-order valence-corrected chi connectivity index (χ2v) is 5.13. The third kappa shape index (κ3) is 3.37. The molecule has 1 atom stereocenters. The average Bonchev–Trinajstić information content (AvgIpc) is 2.56. The molecule has 0 spiro atoms. The maximum Gasteiger partial charge on any atom is 0.342 e. The Morgan fingerprint density at radius 1 is 0.909 bits per heavy atom. The molecule has 116 valence electrons. The lowest BCUT2D eigenvalue weighted by atomic mass is 9.93. The van der Waals surface area contributed by atoms with Crippen molar-refractivity contribution in [3.8, 4) is 11.1 Å². The van der Waals surface area contributed by atoms with E-state index in [0.29, 0.717) is 13.2 Å². The summed E-state index contributed by atoms with van der Waals surface area (Å²) in [5, 5.41) is 0. The standard InChI is InChI=1S/C19H22O3/c1-4-21-18(20)19(3,22-5-2)17-13-11-16(12-14-17)15-9-7-6-8-10-15/h6-14H,4-5H2,1-3H3/t19-/m0/s1. The SMILES string of the molecule is CCOC(=O)[C@@](C)(OCC)c1ccc(-c2ccccc2)cc1. The van der Waals surface area contributed by atoms with Crippen molar-refractivity contribution in [2.45, 2.75) is 26.4 Å². The lowest BCUT2D eigenvalue weighted by Gasteiger charge is -2.27. The molecule has 0 aliphatic rings. The lowest BCUT2D eigenvalue weighted by molar-refractivity contribution is -0.171. The van der Waals surface area contributed by atoms with Crippen molar-refractivity contribution in [2.75, 3.05) is 13.2 Å². The van der Waals surface area contributed by atoms with E-state index in [9.17, 15) is 4.79 Å². The van der Waals surface area contributed by atoms with E-state index in [1.165, 1.54) is 0 Å². The zero-order valence-corrected chi connectivity index (χ0v) is 13.3. The number of esters is 1. The number of hydrogen-bond donors (Lipinski definition) is 0. The monoisotopic (exact) mass is 298 g/mol. The molecular weight excluding hydrogens is 276 g/mol. The predicted octanol–water partition coefficient (Wildman–Crippen LogP) is 4.17. The van der Waals surface area contributed by atoms with Gasteiger partial charge in [0.2, 0.25) is 0 Å². The van der Waals surface area contributed by atoms with Gasteiger partial charge in [0.1, 0.15) is 0 Å². The summed E-state index contributed by atoms with van der Waals surface area (Å²) in [5.41, 5.74) is 1.97. The predicted molar refractivity (Wildman–Crippen MR) is 87.5 cm³/mol. The van der Waals surface area contributed by atoms with Gasteiger partial charge >= 0.3 is 5.97 Å². The van der Waals surface area contributed by atoms with Crippen LogP contribution >= 0.6 is 0 Å². The maximum atomic E-state index is 12.3. The van der Waals surface area contributed by atoms with Crippen molar-refractivity contribution < 1.29 is 14.3 Å². The number of rotatable bonds is 6. The van der Waals surface area contributed by atoms with Crippen molar-refractivity contribution in [1.82, 2.24) is 0 Å². The third-order valence-electron chi connectivity index (χ3n) is 3.64. The van der Waals surface area contributed by atoms with Crippen molar-refractivity contribution in [1.29, 1.82) is 0 Å². The van der Waals surface area contributed by atoms with Crippen molar-refractivity contribution in [3.63, 3.8) is 0 Å². The molecule has 2 rings (SSSR count). The highest BCUT2D eigenvalue weighted by atomic mass is 16.6. The Morgan fingerprint density at radius 2 is 1.50 bits per heavy atom. The fraction of sp³-hybridized carbons (Fsp3) is 0.316. The molecule has 3 heteroatoms. The van der Waals surface area contributed by atoms with Gasteiger partial charge in [0.05, 0.1) is 6.61 Å². The minimum absolute atomic E-state index is 0.337. The number of hydrogen-bond acceptors (Lipinski definition) is 3. The normalized spacial score (nSPS) is 13.4. The van der Waals surface area contributed by atoms with Crippen LogP contribution in [0.3, 0.4) is 0 Å². The van der Waals surface area contributed by atoms with Crippen LogP contribution in [0, 0.1) is 0 Å². The van der Waals surface area contributed by atoms with E-state index in [-0.39, 0.29) is 5.97 Å². The molecule has 0 aromatic heterocycles. The van der Waals surface area contributed by atoms with Crippen LogP contribution < -0.4 is 0 Å². The third-order valence-corrected chi connectivity index (χ3v) is 3.64. The number of benzene rings is 2. The Balaban J connectivity index is 2.32. The summed E-state index contributed by atoms with van der Waals surface area (Å²) in [6, 6.07) is 18.0. The van der Waals surface area contributed by atoms with Gasteiger partial charge in [0.15, 0.2) is 5.60 Å². The molecule has 2 aromatic rings. The zero-order valence-electron chi connectivity index (χ0n) is 13.3. The first kappa shape index (κ1) is 16.2. The Labute approximate surface area is 131 Å². The highest BCUT2D eigenvalue weighted by molar-refractivity contribution is 5.81. The smallest absolute Gasteiger partial charge is 0.342 e. The molecule has 0 saturated carbocycles. The minimum Gasteiger partial charge on any atom is -0.464 e. The largest absolute Gasteiger partial charge is 0.464 e. The Morgan fingerprint density at radius 3 is 2.05 bits per heavy atom. The molecule has 0 aliphatic heterocycles. The Hall–Kier alpha value is -2.13. The van der Waals surface area contributed by atoms with Gasteiger partial charge in [-0.05, 0) is 37.5 Å². The average molecular weight is 298 g/mol. The van der Waals surface area contributed by atoms with Crippen LogP contribution in [0.2, 0.25) is 0 Å². The van der Waals surface area contributed by atoms with Crippen LogP contribution in [0.5, 0.6) is 0 Å².